The molecule has 4 heterocycles. The highest BCUT2D eigenvalue weighted by molar-refractivity contribution is 7.25. The van der Waals surface area contributed by atoms with E-state index >= 15 is 0 Å². The minimum absolute atomic E-state index is 0.390. The predicted octanol–water partition coefficient (Wildman–Crippen LogP) is 8.43. The number of para-hydroxylation sites is 2. The first-order valence-electron chi connectivity index (χ1n) is 14.6. The summed E-state index contributed by atoms with van der Waals surface area (Å²) in [4.78, 5) is 10.6. The highest BCUT2D eigenvalue weighted by atomic mass is 32.1. The summed E-state index contributed by atoms with van der Waals surface area (Å²) in [7, 11) is 0. The number of hydrogen-bond donors (Lipinski definition) is 0. The van der Waals surface area contributed by atoms with Gasteiger partial charge in [0.1, 0.15) is 16.8 Å². The number of nitrogens with zero attached hydrogens (tertiary/aromatic N) is 3. The lowest BCUT2D eigenvalue weighted by Crippen LogP contribution is -2.34. The number of benzene rings is 4. The van der Waals surface area contributed by atoms with E-state index in [1.54, 1.807) is 0 Å². The summed E-state index contributed by atoms with van der Waals surface area (Å²) in [6, 6.07) is 32.0. The molecule has 10 rings (SSSR count). The molecule has 4 aromatic heterocycles. The van der Waals surface area contributed by atoms with Crippen LogP contribution in [0.5, 0.6) is 0 Å². The molecule has 4 aromatic carbocycles. The van der Waals surface area contributed by atoms with E-state index < -0.39 is 0 Å². The number of hydrogen-bond acceptors (Lipinski definition) is 4. The molecular formula is C38H23N3OS. The van der Waals surface area contributed by atoms with E-state index in [1.807, 2.05) is 29.5 Å². The van der Waals surface area contributed by atoms with Crippen LogP contribution in [-0.2, 0) is 0 Å². The van der Waals surface area contributed by atoms with Crippen LogP contribution in [-0.4, -0.2) is 14.5 Å². The van der Waals surface area contributed by atoms with E-state index in [-0.39, 0.29) is 0 Å². The van der Waals surface area contributed by atoms with Crippen molar-refractivity contribution in [2.24, 2.45) is 5.92 Å². The minimum Gasteiger partial charge on any atom is -0.452 e. The lowest BCUT2D eigenvalue weighted by Gasteiger charge is -2.18. The highest BCUT2D eigenvalue weighted by Crippen LogP contribution is 2.39. The van der Waals surface area contributed by atoms with Gasteiger partial charge in [-0.15, -0.1) is 11.3 Å². The second-order valence-corrected chi connectivity index (χ2v) is 12.4. The molecule has 1 atom stereocenters. The molecule has 0 saturated carbocycles. The van der Waals surface area contributed by atoms with Crippen LogP contribution in [0.1, 0.15) is 6.42 Å². The third-order valence-electron chi connectivity index (χ3n) is 8.93. The van der Waals surface area contributed by atoms with E-state index in [2.05, 4.69) is 108 Å². The second-order valence-electron chi connectivity index (χ2n) is 11.4. The van der Waals surface area contributed by atoms with Crippen molar-refractivity contribution in [1.29, 1.82) is 0 Å². The Balaban J connectivity index is 1.32. The Morgan fingerprint density at radius 3 is 2.56 bits per heavy atom. The Morgan fingerprint density at radius 1 is 0.791 bits per heavy atom. The van der Waals surface area contributed by atoms with Gasteiger partial charge in [0.25, 0.3) is 0 Å². The third kappa shape index (κ3) is 3.31. The maximum atomic E-state index is 6.49. The molecule has 43 heavy (non-hydrogen) atoms. The molecule has 0 amide bonds. The second kappa shape index (κ2) is 8.63. The lowest BCUT2D eigenvalue weighted by atomic mass is 9.87. The van der Waals surface area contributed by atoms with Gasteiger partial charge in [-0.1, -0.05) is 85.0 Å². The molecule has 2 aliphatic rings. The van der Waals surface area contributed by atoms with Crippen LogP contribution in [0.4, 0.5) is 0 Å². The van der Waals surface area contributed by atoms with Crippen LogP contribution < -0.4 is 10.6 Å². The molecule has 202 valence electrons. The molecule has 4 nitrogen and oxygen atoms in total. The number of aromatic nitrogens is 3. The molecule has 0 N–H and O–H groups in total. The molecular weight excluding hydrogens is 547 g/mol. The average molecular weight is 570 g/mol. The Morgan fingerprint density at radius 2 is 1.60 bits per heavy atom. The molecule has 0 spiro atoms. The molecule has 0 fully saturated rings. The van der Waals surface area contributed by atoms with E-state index in [0.717, 1.165) is 45.0 Å². The fraction of sp³-hybridized carbons (Fsp3) is 0.0526. The summed E-state index contributed by atoms with van der Waals surface area (Å²) in [5, 5.41) is 7.13. The Labute approximate surface area is 249 Å². The molecule has 1 unspecified atom stereocenters. The number of fused-ring (bicyclic) bond motifs is 10. The van der Waals surface area contributed by atoms with E-state index in [4.69, 9.17) is 14.4 Å². The molecule has 0 aliphatic heterocycles. The summed E-state index contributed by atoms with van der Waals surface area (Å²) < 4.78 is 11.2. The van der Waals surface area contributed by atoms with Gasteiger partial charge in [-0.05, 0) is 48.4 Å². The van der Waals surface area contributed by atoms with Crippen LogP contribution in [0.2, 0.25) is 0 Å². The summed E-state index contributed by atoms with van der Waals surface area (Å²) in [5.41, 5.74) is 6.61. The predicted molar refractivity (Wildman–Crippen MR) is 178 cm³/mol. The van der Waals surface area contributed by atoms with Crippen molar-refractivity contribution >= 4 is 76.6 Å². The summed E-state index contributed by atoms with van der Waals surface area (Å²) >= 11 is 1.81. The van der Waals surface area contributed by atoms with Crippen LogP contribution in [0.3, 0.4) is 0 Å². The summed E-state index contributed by atoms with van der Waals surface area (Å²) in [6.07, 6.45) is 12.4. The third-order valence-corrected chi connectivity index (χ3v) is 10.1. The molecule has 0 bridgehead atoms. The van der Waals surface area contributed by atoms with Gasteiger partial charge < -0.3 is 4.42 Å². The monoisotopic (exact) mass is 569 g/mol. The quantitative estimate of drug-likeness (QED) is 0.210. The number of furan rings is 1. The van der Waals surface area contributed by atoms with Crippen molar-refractivity contribution < 1.29 is 4.42 Å². The van der Waals surface area contributed by atoms with Crippen LogP contribution in [0, 0.1) is 5.92 Å². The summed E-state index contributed by atoms with van der Waals surface area (Å²) in [6.45, 7) is 0. The number of rotatable bonds is 2. The van der Waals surface area contributed by atoms with E-state index in [9.17, 15) is 0 Å². The maximum Gasteiger partial charge on any atom is 0.236 e. The SMILES string of the molecule is C1=CCC2C=c3c(n(-c4nc(-c5ccc6c(c5)sc5ccccc56)c5oc6ccccc6c5n4)c4ccccc34)=CC2=C1. The molecule has 5 heteroatoms. The first-order chi connectivity index (χ1) is 21.3. The maximum absolute atomic E-state index is 6.49. The molecule has 2 aliphatic carbocycles. The van der Waals surface area contributed by atoms with Gasteiger partial charge in [0, 0.05) is 47.6 Å². The molecule has 8 aromatic rings. The Bertz CT molecular complexity index is 2670. The van der Waals surface area contributed by atoms with Gasteiger partial charge in [-0.25, -0.2) is 9.97 Å². The van der Waals surface area contributed by atoms with Crippen LogP contribution >= 0.6 is 11.3 Å². The molecule has 0 saturated heterocycles. The minimum atomic E-state index is 0.390. The van der Waals surface area contributed by atoms with E-state index in [1.165, 1.54) is 36.4 Å². The average Bonchev–Trinajstić information content (AvgIpc) is 3.72. The lowest BCUT2D eigenvalue weighted by molar-refractivity contribution is 0.666. The Kier molecular flexibility index (Phi) is 4.68. The Hall–Kier alpha value is -5.26. The van der Waals surface area contributed by atoms with Crippen LogP contribution in [0.25, 0.3) is 82.5 Å². The van der Waals surface area contributed by atoms with Crippen molar-refractivity contribution in [1.82, 2.24) is 14.5 Å². The normalized spacial score (nSPS) is 16.0. The standard InChI is InChI=1S/C38H23N3OS/c1-2-10-23-20-31-29(19-22(23)9-1)25-11-3-6-14-30(25)41(31)38-39-35(37-36(40-38)28-13-4-7-15-32(28)42-37)24-17-18-27-26-12-5-8-16-33(26)43-34(27)21-24/h1-8,10-22H,9H2. The topological polar surface area (TPSA) is 43.9 Å². The summed E-state index contributed by atoms with van der Waals surface area (Å²) in [5.74, 6) is 1.04. The van der Waals surface area contributed by atoms with Crippen molar-refractivity contribution in [3.05, 3.63) is 125 Å². The number of thiophene rings is 1. The first kappa shape index (κ1) is 23.3. The zero-order chi connectivity index (χ0) is 28.1. The number of allylic oxidation sites excluding steroid dienone is 4. The fourth-order valence-corrected chi connectivity index (χ4v) is 8.05. The van der Waals surface area contributed by atoms with Gasteiger partial charge >= 0.3 is 0 Å². The zero-order valence-corrected chi connectivity index (χ0v) is 23.8. The van der Waals surface area contributed by atoms with Gasteiger partial charge in [0.15, 0.2) is 5.58 Å². The van der Waals surface area contributed by atoms with Gasteiger partial charge in [-0.2, -0.15) is 0 Å². The van der Waals surface area contributed by atoms with Crippen molar-refractivity contribution in [2.45, 2.75) is 6.42 Å². The smallest absolute Gasteiger partial charge is 0.236 e. The van der Waals surface area contributed by atoms with Gasteiger partial charge in [0.05, 0.1) is 10.9 Å². The largest absolute Gasteiger partial charge is 0.452 e. The van der Waals surface area contributed by atoms with Gasteiger partial charge in [-0.3, -0.25) is 4.57 Å². The highest BCUT2D eigenvalue weighted by Gasteiger charge is 2.23. The van der Waals surface area contributed by atoms with Gasteiger partial charge in [0.2, 0.25) is 5.95 Å². The van der Waals surface area contributed by atoms with Crippen molar-refractivity contribution in [3.63, 3.8) is 0 Å². The molecule has 0 radical (unpaired) electrons. The fourth-order valence-electron chi connectivity index (χ4n) is 6.91. The van der Waals surface area contributed by atoms with Crippen molar-refractivity contribution in [3.8, 4) is 17.2 Å². The van der Waals surface area contributed by atoms with Crippen molar-refractivity contribution in [2.75, 3.05) is 0 Å². The first-order valence-corrected chi connectivity index (χ1v) is 15.4. The zero-order valence-electron chi connectivity index (χ0n) is 23.0. The van der Waals surface area contributed by atoms with Crippen LogP contribution in [0.15, 0.2) is 119 Å². The van der Waals surface area contributed by atoms with E-state index in [0.29, 0.717) is 17.4 Å².